The summed E-state index contributed by atoms with van der Waals surface area (Å²) >= 11 is 0. The number of nitrogens with one attached hydrogen (secondary N) is 1. The van der Waals surface area contributed by atoms with E-state index < -0.39 is 0 Å². The van der Waals surface area contributed by atoms with E-state index in [0.29, 0.717) is 19.0 Å². The Balaban J connectivity index is 0.00000320. The van der Waals surface area contributed by atoms with Crippen molar-refractivity contribution in [2.45, 2.75) is 13.8 Å². The number of amides is 1. The fourth-order valence-corrected chi connectivity index (χ4v) is 4.07. The Morgan fingerprint density at radius 3 is 2.47 bits per heavy atom. The van der Waals surface area contributed by atoms with Crippen molar-refractivity contribution in [2.75, 3.05) is 77.4 Å². The third-order valence-electron chi connectivity index (χ3n) is 5.83. The summed E-state index contributed by atoms with van der Waals surface area (Å²) in [6, 6.07) is 0. The summed E-state index contributed by atoms with van der Waals surface area (Å²) in [7, 11) is 3.65. The van der Waals surface area contributed by atoms with Crippen molar-refractivity contribution < 1.29 is 4.79 Å². The van der Waals surface area contributed by atoms with Gasteiger partial charge in [-0.3, -0.25) is 14.5 Å². The molecule has 1 aromatic rings. The van der Waals surface area contributed by atoms with Gasteiger partial charge in [-0.2, -0.15) is 5.10 Å². The number of hydrogen-bond acceptors (Lipinski definition) is 5. The average molecular weight is 532 g/mol. The van der Waals surface area contributed by atoms with Crippen LogP contribution < -0.4 is 10.2 Å². The summed E-state index contributed by atoms with van der Waals surface area (Å²) < 4.78 is 1.72. The molecule has 3 heterocycles. The van der Waals surface area contributed by atoms with Gasteiger partial charge in [-0.15, -0.1) is 24.0 Å². The predicted molar refractivity (Wildman–Crippen MR) is 132 cm³/mol. The molecule has 9 nitrogen and oxygen atoms in total. The zero-order chi connectivity index (χ0) is 20.8. The number of anilines is 1. The van der Waals surface area contributed by atoms with Crippen molar-refractivity contribution >= 4 is 41.5 Å². The van der Waals surface area contributed by atoms with Gasteiger partial charge in [0, 0.05) is 72.7 Å². The third-order valence-corrected chi connectivity index (χ3v) is 5.83. The number of halogens is 1. The second-order valence-electron chi connectivity index (χ2n) is 8.11. The van der Waals surface area contributed by atoms with Gasteiger partial charge in [0.1, 0.15) is 6.54 Å². The number of likely N-dealkylation sites (N-methyl/N-ethyl adjacent to an activating group) is 1. The fourth-order valence-electron chi connectivity index (χ4n) is 4.07. The first-order valence-electron chi connectivity index (χ1n) is 10.7. The lowest BCUT2D eigenvalue weighted by atomic mass is 10.1. The Hall–Kier alpha value is -1.40. The van der Waals surface area contributed by atoms with E-state index in [-0.39, 0.29) is 29.9 Å². The molecule has 1 amide bonds. The summed E-state index contributed by atoms with van der Waals surface area (Å²) in [6.45, 7) is 14.0. The number of hydrogen-bond donors (Lipinski definition) is 1. The Kier molecular flexibility index (Phi) is 9.82. The zero-order valence-corrected chi connectivity index (χ0v) is 21.1. The number of carbonyl (C=O) groups excluding carboxylic acids is 1. The molecule has 170 valence electrons. The minimum Gasteiger partial charge on any atom is -0.356 e. The van der Waals surface area contributed by atoms with E-state index in [9.17, 15) is 4.79 Å². The van der Waals surface area contributed by atoms with Gasteiger partial charge < -0.3 is 24.9 Å². The number of carbonyl (C=O) groups is 1. The standard InChI is InChI=1S/C20H36N8O.HI/c1-5-25-6-8-26(9-7-25)14-17(2)12-22-20(21-3)27-10-11-28(19(29)16-27)18-13-23-24(4)15-18;/h13,15,17H,5-12,14,16H2,1-4H3,(H,21,22);1H. The molecular weight excluding hydrogens is 495 g/mol. The normalized spacial score (nSPS) is 20.3. The lowest BCUT2D eigenvalue weighted by Gasteiger charge is -2.37. The van der Waals surface area contributed by atoms with Gasteiger partial charge in [0.25, 0.3) is 0 Å². The van der Waals surface area contributed by atoms with Crippen LogP contribution in [-0.2, 0) is 11.8 Å². The highest BCUT2D eigenvalue weighted by Gasteiger charge is 2.28. The van der Waals surface area contributed by atoms with E-state index in [4.69, 9.17) is 0 Å². The van der Waals surface area contributed by atoms with Gasteiger partial charge in [-0.25, -0.2) is 0 Å². The molecule has 2 aliphatic rings. The molecule has 0 spiro atoms. The molecule has 30 heavy (non-hydrogen) atoms. The lowest BCUT2D eigenvalue weighted by molar-refractivity contribution is -0.120. The smallest absolute Gasteiger partial charge is 0.246 e. The number of rotatable bonds is 6. The van der Waals surface area contributed by atoms with Crippen LogP contribution in [0.15, 0.2) is 17.4 Å². The molecule has 2 saturated heterocycles. The number of aliphatic imine (C=N–C) groups is 1. The molecule has 2 aliphatic heterocycles. The van der Waals surface area contributed by atoms with E-state index in [2.05, 4.69) is 39.1 Å². The number of aromatic nitrogens is 2. The number of aryl methyl sites for hydroxylation is 1. The molecule has 0 aliphatic carbocycles. The van der Waals surface area contributed by atoms with E-state index in [1.165, 1.54) is 13.1 Å². The SMILES string of the molecule is CCN1CCN(CC(C)CNC(=NC)N2CCN(c3cnn(C)c3)C(=O)C2)CC1.I. The van der Waals surface area contributed by atoms with Crippen LogP contribution in [0.25, 0.3) is 0 Å². The first-order valence-corrected chi connectivity index (χ1v) is 10.7. The summed E-state index contributed by atoms with van der Waals surface area (Å²) in [4.78, 5) is 26.0. The predicted octanol–water partition coefficient (Wildman–Crippen LogP) is 0.536. The number of guanidine groups is 1. The Bertz CT molecular complexity index is 701. The molecule has 10 heteroatoms. The van der Waals surface area contributed by atoms with Gasteiger partial charge >= 0.3 is 0 Å². The molecule has 1 N–H and O–H groups in total. The van der Waals surface area contributed by atoms with Crippen molar-refractivity contribution in [1.29, 1.82) is 0 Å². The van der Waals surface area contributed by atoms with Gasteiger partial charge in [0.05, 0.1) is 11.9 Å². The van der Waals surface area contributed by atoms with Gasteiger partial charge in [0.15, 0.2) is 5.96 Å². The van der Waals surface area contributed by atoms with Crippen LogP contribution in [0.4, 0.5) is 5.69 Å². The second kappa shape index (κ2) is 11.8. The summed E-state index contributed by atoms with van der Waals surface area (Å²) in [5.41, 5.74) is 0.858. The van der Waals surface area contributed by atoms with Crippen LogP contribution in [0, 0.1) is 5.92 Å². The maximum atomic E-state index is 12.6. The molecule has 0 saturated carbocycles. The van der Waals surface area contributed by atoms with Gasteiger partial charge in [0.2, 0.25) is 5.91 Å². The van der Waals surface area contributed by atoms with Gasteiger partial charge in [-0.05, 0) is 12.5 Å². The Morgan fingerprint density at radius 2 is 1.90 bits per heavy atom. The molecule has 1 atom stereocenters. The highest BCUT2D eigenvalue weighted by atomic mass is 127. The maximum absolute atomic E-state index is 12.6. The second-order valence-corrected chi connectivity index (χ2v) is 8.11. The third kappa shape index (κ3) is 6.55. The quantitative estimate of drug-likeness (QED) is 0.328. The van der Waals surface area contributed by atoms with Crippen LogP contribution in [-0.4, -0.2) is 109 Å². The van der Waals surface area contributed by atoms with Crippen LogP contribution in [0.1, 0.15) is 13.8 Å². The zero-order valence-electron chi connectivity index (χ0n) is 18.8. The van der Waals surface area contributed by atoms with E-state index in [1.807, 2.05) is 18.1 Å². The van der Waals surface area contributed by atoms with Crippen molar-refractivity contribution in [3.63, 3.8) is 0 Å². The summed E-state index contributed by atoms with van der Waals surface area (Å²) in [5, 5.41) is 7.65. The molecule has 3 rings (SSSR count). The summed E-state index contributed by atoms with van der Waals surface area (Å²) in [6.07, 6.45) is 3.62. The van der Waals surface area contributed by atoms with Gasteiger partial charge in [-0.1, -0.05) is 13.8 Å². The molecule has 0 aromatic carbocycles. The van der Waals surface area contributed by atoms with Crippen LogP contribution >= 0.6 is 24.0 Å². The van der Waals surface area contributed by atoms with Crippen LogP contribution in [0.2, 0.25) is 0 Å². The molecule has 1 aromatic heterocycles. The molecule has 0 radical (unpaired) electrons. The van der Waals surface area contributed by atoms with E-state index >= 15 is 0 Å². The maximum Gasteiger partial charge on any atom is 0.246 e. The van der Waals surface area contributed by atoms with Crippen LogP contribution in [0.5, 0.6) is 0 Å². The van der Waals surface area contributed by atoms with E-state index in [0.717, 1.165) is 50.9 Å². The minimum atomic E-state index is 0. The van der Waals surface area contributed by atoms with Crippen molar-refractivity contribution in [3.05, 3.63) is 12.4 Å². The molecular formula is C20H37IN8O. The first kappa shape index (κ1) is 24.9. The number of piperazine rings is 2. The van der Waals surface area contributed by atoms with Crippen molar-refractivity contribution in [1.82, 2.24) is 29.8 Å². The molecule has 1 unspecified atom stereocenters. The fraction of sp³-hybridized carbons (Fsp3) is 0.750. The summed E-state index contributed by atoms with van der Waals surface area (Å²) in [5.74, 6) is 1.41. The largest absolute Gasteiger partial charge is 0.356 e. The van der Waals surface area contributed by atoms with Crippen LogP contribution in [0.3, 0.4) is 0 Å². The average Bonchev–Trinajstić information content (AvgIpc) is 3.15. The van der Waals surface area contributed by atoms with Crippen molar-refractivity contribution in [2.24, 2.45) is 18.0 Å². The lowest BCUT2D eigenvalue weighted by Crippen LogP contribution is -2.56. The monoisotopic (exact) mass is 532 g/mol. The van der Waals surface area contributed by atoms with Crippen molar-refractivity contribution in [3.8, 4) is 0 Å². The Morgan fingerprint density at radius 1 is 1.20 bits per heavy atom. The minimum absolute atomic E-state index is 0. The highest BCUT2D eigenvalue weighted by molar-refractivity contribution is 14.0. The van der Waals surface area contributed by atoms with E-state index in [1.54, 1.807) is 22.8 Å². The molecule has 2 fully saturated rings. The number of nitrogens with zero attached hydrogens (tertiary/aromatic N) is 7. The Labute approximate surface area is 197 Å². The molecule has 0 bridgehead atoms. The topological polar surface area (TPSA) is 72.2 Å². The highest BCUT2D eigenvalue weighted by Crippen LogP contribution is 2.16. The first-order chi connectivity index (χ1) is 14.0.